The maximum absolute atomic E-state index is 11.8. The molecule has 2 aromatic carbocycles. The number of hydrogen-bond acceptors (Lipinski definition) is 5. The first kappa shape index (κ1) is 16.6. The van der Waals surface area contributed by atoms with E-state index in [2.05, 4.69) is 0 Å². The Morgan fingerprint density at radius 1 is 1.17 bits per heavy atom. The predicted octanol–water partition coefficient (Wildman–Crippen LogP) is 2.40. The summed E-state index contributed by atoms with van der Waals surface area (Å²) in [6.07, 6.45) is -0.672. The number of rotatable bonds is 7. The van der Waals surface area contributed by atoms with Gasteiger partial charge in [-0.15, -0.1) is 0 Å². The van der Waals surface area contributed by atoms with Gasteiger partial charge in [0.1, 0.15) is 6.10 Å². The molecule has 1 atom stereocenters. The van der Waals surface area contributed by atoms with Gasteiger partial charge in [0, 0.05) is 11.3 Å². The van der Waals surface area contributed by atoms with Gasteiger partial charge < -0.3 is 9.84 Å². The third kappa shape index (κ3) is 5.19. The van der Waals surface area contributed by atoms with Gasteiger partial charge in [0.2, 0.25) is 6.54 Å². The number of hydrogen-bond donors (Lipinski definition) is 1. The number of nitro groups is 1. The second kappa shape index (κ2) is 8.05. The molecule has 0 radical (unpaired) electrons. The van der Waals surface area contributed by atoms with E-state index in [0.29, 0.717) is 17.5 Å². The molecule has 6 nitrogen and oxygen atoms in total. The molecule has 6 heteroatoms. The third-order valence-corrected chi connectivity index (χ3v) is 3.29. The van der Waals surface area contributed by atoms with Crippen molar-refractivity contribution in [1.29, 1.82) is 0 Å². The van der Waals surface area contributed by atoms with E-state index < -0.39 is 23.5 Å². The van der Waals surface area contributed by atoms with E-state index in [1.165, 1.54) is 0 Å². The van der Waals surface area contributed by atoms with E-state index in [4.69, 9.17) is 4.74 Å². The molecular weight excluding hydrogens is 298 g/mol. The van der Waals surface area contributed by atoms with Crippen LogP contribution >= 0.6 is 0 Å². The molecule has 0 spiro atoms. The molecule has 23 heavy (non-hydrogen) atoms. The zero-order valence-electron chi connectivity index (χ0n) is 12.4. The van der Waals surface area contributed by atoms with Gasteiger partial charge in [0.15, 0.2) is 0 Å². The van der Waals surface area contributed by atoms with Gasteiger partial charge >= 0.3 is 5.97 Å². The number of nitrogens with zero attached hydrogens (tertiary/aromatic N) is 1. The number of aliphatic hydroxyl groups excluding tert-OH is 1. The first-order valence-electron chi connectivity index (χ1n) is 7.17. The van der Waals surface area contributed by atoms with Crippen molar-refractivity contribution in [3.8, 4) is 0 Å². The molecule has 0 aromatic heterocycles. The van der Waals surface area contributed by atoms with Crippen molar-refractivity contribution in [2.75, 3.05) is 13.2 Å². The van der Waals surface area contributed by atoms with E-state index in [-0.39, 0.29) is 6.61 Å². The van der Waals surface area contributed by atoms with Crippen molar-refractivity contribution >= 4 is 5.97 Å². The molecule has 0 heterocycles. The maximum Gasteiger partial charge on any atom is 0.338 e. The predicted molar refractivity (Wildman–Crippen MR) is 83.7 cm³/mol. The maximum atomic E-state index is 11.8. The van der Waals surface area contributed by atoms with E-state index in [9.17, 15) is 20.0 Å². The smallest absolute Gasteiger partial charge is 0.338 e. The fraction of sp³-hybridized carbons (Fsp3) is 0.235. The fourth-order valence-corrected chi connectivity index (χ4v) is 2.12. The summed E-state index contributed by atoms with van der Waals surface area (Å²) in [4.78, 5) is 21.7. The minimum Gasteiger partial charge on any atom is -0.462 e. The van der Waals surface area contributed by atoms with Gasteiger partial charge in [0.25, 0.3) is 0 Å². The van der Waals surface area contributed by atoms with Crippen LogP contribution in [-0.2, 0) is 11.2 Å². The van der Waals surface area contributed by atoms with Crippen LogP contribution in [0.5, 0.6) is 0 Å². The molecule has 0 aliphatic carbocycles. The first-order valence-corrected chi connectivity index (χ1v) is 7.17. The molecule has 1 N–H and O–H groups in total. The summed E-state index contributed by atoms with van der Waals surface area (Å²) < 4.78 is 5.19. The second-order valence-electron chi connectivity index (χ2n) is 5.03. The minimum atomic E-state index is -1.14. The van der Waals surface area contributed by atoms with Crippen molar-refractivity contribution in [2.45, 2.75) is 12.5 Å². The van der Waals surface area contributed by atoms with Crippen LogP contribution in [0, 0.1) is 10.1 Å². The van der Waals surface area contributed by atoms with E-state index in [0.717, 1.165) is 5.56 Å². The van der Waals surface area contributed by atoms with Crippen LogP contribution in [0.4, 0.5) is 0 Å². The first-order chi connectivity index (χ1) is 11.1. The van der Waals surface area contributed by atoms with Crippen molar-refractivity contribution in [3.63, 3.8) is 0 Å². The fourth-order valence-electron chi connectivity index (χ4n) is 2.12. The molecule has 0 fully saturated rings. The molecule has 0 amide bonds. The average molecular weight is 315 g/mol. The molecular formula is C17H17NO5. The summed E-state index contributed by atoms with van der Waals surface area (Å²) in [7, 11) is 0. The quantitative estimate of drug-likeness (QED) is 0.481. The lowest BCUT2D eigenvalue weighted by Gasteiger charge is -2.09. The Bertz CT molecular complexity index is 672. The molecule has 2 rings (SSSR count). The highest BCUT2D eigenvalue weighted by molar-refractivity contribution is 5.89. The van der Waals surface area contributed by atoms with Crippen LogP contribution in [0.2, 0.25) is 0 Å². The van der Waals surface area contributed by atoms with Crippen molar-refractivity contribution in [3.05, 3.63) is 81.4 Å². The number of ether oxygens (including phenoxy) is 1. The van der Waals surface area contributed by atoms with E-state index >= 15 is 0 Å². The summed E-state index contributed by atoms with van der Waals surface area (Å²) in [5.41, 5.74) is 1.81. The van der Waals surface area contributed by atoms with Crippen LogP contribution in [0.1, 0.15) is 27.6 Å². The molecule has 1 unspecified atom stereocenters. The van der Waals surface area contributed by atoms with Crippen LogP contribution in [0.3, 0.4) is 0 Å². The Kier molecular flexibility index (Phi) is 5.82. The van der Waals surface area contributed by atoms with Crippen LogP contribution in [0.25, 0.3) is 0 Å². The Hall–Kier alpha value is -2.73. The van der Waals surface area contributed by atoms with Crippen molar-refractivity contribution in [1.82, 2.24) is 0 Å². The van der Waals surface area contributed by atoms with Gasteiger partial charge in [-0.25, -0.2) is 4.79 Å². The van der Waals surface area contributed by atoms with Gasteiger partial charge in [-0.05, 0) is 23.3 Å². The Labute approximate surface area is 133 Å². The van der Waals surface area contributed by atoms with Crippen LogP contribution in [0.15, 0.2) is 54.6 Å². The van der Waals surface area contributed by atoms with Gasteiger partial charge in [0.05, 0.1) is 12.2 Å². The van der Waals surface area contributed by atoms with E-state index in [1.807, 2.05) is 12.1 Å². The molecule has 120 valence electrons. The summed E-state index contributed by atoms with van der Waals surface area (Å²) in [6, 6.07) is 15.5. The summed E-state index contributed by atoms with van der Waals surface area (Å²) >= 11 is 0. The topological polar surface area (TPSA) is 89.7 Å². The van der Waals surface area contributed by atoms with Gasteiger partial charge in [-0.1, -0.05) is 42.5 Å². The zero-order chi connectivity index (χ0) is 16.7. The molecule has 2 aromatic rings. The standard InChI is InChI=1S/C17H17NO5/c19-16(12-18(21)22)15-8-4-5-13(11-15)9-10-23-17(20)14-6-2-1-3-7-14/h1-8,11,16,19H,9-10,12H2. The zero-order valence-corrected chi connectivity index (χ0v) is 12.4. The minimum absolute atomic E-state index is 0.197. The summed E-state index contributed by atoms with van der Waals surface area (Å²) in [5.74, 6) is -0.393. The number of carbonyl (C=O) groups is 1. The lowest BCUT2D eigenvalue weighted by Crippen LogP contribution is -2.12. The Morgan fingerprint density at radius 3 is 2.61 bits per heavy atom. The number of aliphatic hydroxyl groups is 1. The van der Waals surface area contributed by atoms with Crippen molar-refractivity contribution < 1.29 is 19.6 Å². The average Bonchev–Trinajstić information content (AvgIpc) is 2.55. The Balaban J connectivity index is 1.89. The molecule has 0 bridgehead atoms. The van der Waals surface area contributed by atoms with E-state index in [1.54, 1.807) is 42.5 Å². The molecule has 0 aliphatic rings. The highest BCUT2D eigenvalue weighted by Crippen LogP contribution is 2.15. The van der Waals surface area contributed by atoms with Crippen molar-refractivity contribution in [2.24, 2.45) is 0 Å². The third-order valence-electron chi connectivity index (χ3n) is 3.29. The summed E-state index contributed by atoms with van der Waals surface area (Å²) in [6.45, 7) is -0.338. The van der Waals surface area contributed by atoms with Crippen LogP contribution in [-0.4, -0.2) is 29.2 Å². The largest absolute Gasteiger partial charge is 0.462 e. The lowest BCUT2D eigenvalue weighted by atomic mass is 10.0. The highest BCUT2D eigenvalue weighted by atomic mass is 16.6. The number of carbonyl (C=O) groups excluding carboxylic acids is 1. The number of esters is 1. The Morgan fingerprint density at radius 2 is 1.91 bits per heavy atom. The molecule has 0 aliphatic heterocycles. The monoisotopic (exact) mass is 315 g/mol. The van der Waals surface area contributed by atoms with Crippen LogP contribution < -0.4 is 0 Å². The molecule has 0 saturated heterocycles. The number of benzene rings is 2. The molecule has 0 saturated carbocycles. The SMILES string of the molecule is O=C(OCCc1cccc(C(O)C[N+](=O)[O-])c1)c1ccccc1. The summed E-state index contributed by atoms with van der Waals surface area (Å²) in [5, 5.41) is 20.2. The highest BCUT2D eigenvalue weighted by Gasteiger charge is 2.14. The normalized spacial score (nSPS) is 11.7. The van der Waals surface area contributed by atoms with Gasteiger partial charge in [-0.3, -0.25) is 10.1 Å². The second-order valence-corrected chi connectivity index (χ2v) is 5.03. The van der Waals surface area contributed by atoms with Gasteiger partial charge in [-0.2, -0.15) is 0 Å². The lowest BCUT2D eigenvalue weighted by molar-refractivity contribution is -0.491.